The van der Waals surface area contributed by atoms with Crippen molar-refractivity contribution in [3.05, 3.63) is 48.0 Å². The van der Waals surface area contributed by atoms with Crippen molar-refractivity contribution in [1.82, 2.24) is 14.6 Å². The number of fused-ring (bicyclic) bond motifs is 1. The van der Waals surface area contributed by atoms with Crippen LogP contribution in [0.4, 0.5) is 30.6 Å². The highest BCUT2D eigenvalue weighted by molar-refractivity contribution is 5.58. The summed E-state index contributed by atoms with van der Waals surface area (Å²) in [5, 5.41) is 7.52. The number of benzene rings is 1. The summed E-state index contributed by atoms with van der Waals surface area (Å²) in [5.74, 6) is 1.25. The summed E-state index contributed by atoms with van der Waals surface area (Å²) in [5.41, 5.74) is 0.467. The van der Waals surface area contributed by atoms with Crippen molar-refractivity contribution in [2.24, 2.45) is 0 Å². The average Bonchev–Trinajstić information content (AvgIpc) is 3.15. The zero-order valence-corrected chi connectivity index (χ0v) is 16.9. The number of rotatable bonds is 5. The molecule has 30 heavy (non-hydrogen) atoms. The zero-order valence-electron chi connectivity index (χ0n) is 16.9. The van der Waals surface area contributed by atoms with Crippen LogP contribution in [-0.4, -0.2) is 40.9 Å². The van der Waals surface area contributed by atoms with Crippen molar-refractivity contribution < 1.29 is 17.9 Å². The van der Waals surface area contributed by atoms with Crippen LogP contribution in [0.3, 0.4) is 0 Å². The van der Waals surface area contributed by atoms with Gasteiger partial charge in [-0.1, -0.05) is 6.07 Å². The Morgan fingerprint density at radius 1 is 1.07 bits per heavy atom. The molecule has 0 radical (unpaired) electrons. The van der Waals surface area contributed by atoms with Crippen LogP contribution in [0.2, 0.25) is 0 Å². The van der Waals surface area contributed by atoms with Crippen LogP contribution in [0.15, 0.2) is 42.5 Å². The fourth-order valence-electron chi connectivity index (χ4n) is 3.94. The van der Waals surface area contributed by atoms with Gasteiger partial charge in [0.15, 0.2) is 5.65 Å². The number of hydrogen-bond acceptors (Lipinski definition) is 5. The highest BCUT2D eigenvalue weighted by Gasteiger charge is 2.30. The van der Waals surface area contributed by atoms with Gasteiger partial charge < -0.3 is 15.0 Å². The van der Waals surface area contributed by atoms with Crippen molar-refractivity contribution in [1.29, 1.82) is 0 Å². The minimum atomic E-state index is -4.36. The molecule has 1 aliphatic carbocycles. The summed E-state index contributed by atoms with van der Waals surface area (Å²) in [6, 6.07) is 11.0. The van der Waals surface area contributed by atoms with E-state index in [2.05, 4.69) is 27.3 Å². The maximum atomic E-state index is 12.7. The van der Waals surface area contributed by atoms with E-state index in [4.69, 9.17) is 4.74 Å². The van der Waals surface area contributed by atoms with Crippen LogP contribution in [0.5, 0.6) is 0 Å². The van der Waals surface area contributed by atoms with Crippen molar-refractivity contribution in [2.45, 2.75) is 44.0 Å². The molecule has 0 amide bonds. The first-order chi connectivity index (χ1) is 14.3. The first-order valence-electron chi connectivity index (χ1n) is 9.91. The second-order valence-electron chi connectivity index (χ2n) is 7.57. The molecule has 0 saturated heterocycles. The number of hydrogen-bond donors (Lipinski definition) is 1. The maximum Gasteiger partial charge on any atom is 0.416 e. The highest BCUT2D eigenvalue weighted by Crippen LogP contribution is 2.31. The predicted molar refractivity (Wildman–Crippen MR) is 109 cm³/mol. The first kappa shape index (κ1) is 20.5. The summed E-state index contributed by atoms with van der Waals surface area (Å²) in [4.78, 5) is 6.68. The fourth-order valence-corrected chi connectivity index (χ4v) is 3.94. The largest absolute Gasteiger partial charge is 0.416 e. The standard InChI is InChI=1S/C21H24F3N5O/c1-28(16-10-12-17(30-2)13-11-16)19-5-3-4-18-26-20(27-29(18)19)25-15-8-6-14(7-9-15)21(22,23)24/h3-9,16-17H,10-13H2,1-2H3,(H,25,27)/t16-,17+. The summed E-state index contributed by atoms with van der Waals surface area (Å²) in [6.45, 7) is 0. The molecular formula is C21H24F3N5O. The Labute approximate surface area is 172 Å². The average molecular weight is 419 g/mol. The SMILES string of the molecule is CO[C@H]1CC[C@@H](N(C)c2cccc3nc(Nc4ccc(C(F)(F)F)cc4)nn23)CC1. The molecule has 160 valence electrons. The van der Waals surface area contributed by atoms with Gasteiger partial charge in [0.2, 0.25) is 5.95 Å². The number of methoxy groups -OCH3 is 1. The number of aromatic nitrogens is 3. The van der Waals surface area contributed by atoms with Gasteiger partial charge >= 0.3 is 6.18 Å². The lowest BCUT2D eigenvalue weighted by Gasteiger charge is -2.35. The number of alkyl halides is 3. The monoisotopic (exact) mass is 419 g/mol. The van der Waals surface area contributed by atoms with E-state index in [1.54, 1.807) is 11.6 Å². The first-order valence-corrected chi connectivity index (χ1v) is 9.91. The number of nitrogens with zero attached hydrogens (tertiary/aromatic N) is 4. The Morgan fingerprint density at radius 3 is 2.40 bits per heavy atom. The topological polar surface area (TPSA) is 54.7 Å². The summed E-state index contributed by atoms with van der Waals surface area (Å²) >= 11 is 0. The lowest BCUT2D eigenvalue weighted by Crippen LogP contribution is -2.37. The highest BCUT2D eigenvalue weighted by atomic mass is 19.4. The van der Waals surface area contributed by atoms with E-state index in [-0.39, 0.29) is 0 Å². The third kappa shape index (κ3) is 4.21. The van der Waals surface area contributed by atoms with E-state index in [1.165, 1.54) is 12.1 Å². The minimum absolute atomic E-state index is 0.330. The van der Waals surface area contributed by atoms with E-state index in [1.807, 2.05) is 18.2 Å². The van der Waals surface area contributed by atoms with Gasteiger partial charge in [-0.2, -0.15) is 22.7 Å². The molecule has 2 aromatic heterocycles. The molecule has 0 atom stereocenters. The number of pyridine rings is 1. The van der Waals surface area contributed by atoms with Crippen LogP contribution >= 0.6 is 0 Å². The molecule has 0 aliphatic heterocycles. The van der Waals surface area contributed by atoms with Gasteiger partial charge in [-0.3, -0.25) is 0 Å². The molecule has 0 unspecified atom stereocenters. The van der Waals surface area contributed by atoms with Gasteiger partial charge in [0.1, 0.15) is 5.82 Å². The summed E-state index contributed by atoms with van der Waals surface area (Å²) < 4.78 is 45.4. The van der Waals surface area contributed by atoms with Crippen molar-refractivity contribution in [2.75, 3.05) is 24.4 Å². The molecule has 3 aromatic rings. The Balaban J connectivity index is 1.53. The fraction of sp³-hybridized carbons (Fsp3) is 0.429. The zero-order chi connectivity index (χ0) is 21.3. The van der Waals surface area contributed by atoms with Gasteiger partial charge in [0, 0.05) is 25.9 Å². The number of ether oxygens (including phenoxy) is 1. The lowest BCUT2D eigenvalue weighted by molar-refractivity contribution is -0.137. The van der Waals surface area contributed by atoms with E-state index in [0.29, 0.717) is 29.4 Å². The number of nitrogens with one attached hydrogen (secondary N) is 1. The minimum Gasteiger partial charge on any atom is -0.381 e. The van der Waals surface area contributed by atoms with Gasteiger partial charge in [-0.25, -0.2) is 0 Å². The van der Waals surface area contributed by atoms with Crippen LogP contribution in [0.25, 0.3) is 5.65 Å². The molecule has 1 aromatic carbocycles. The molecule has 0 spiro atoms. The third-order valence-corrected chi connectivity index (χ3v) is 5.69. The van der Waals surface area contributed by atoms with E-state index >= 15 is 0 Å². The van der Waals surface area contributed by atoms with Gasteiger partial charge in [-0.15, -0.1) is 5.10 Å². The van der Waals surface area contributed by atoms with Crippen LogP contribution < -0.4 is 10.2 Å². The second-order valence-corrected chi connectivity index (χ2v) is 7.57. The Kier molecular flexibility index (Phi) is 5.55. The Morgan fingerprint density at radius 2 is 1.77 bits per heavy atom. The molecule has 1 fully saturated rings. The summed E-state index contributed by atoms with van der Waals surface area (Å²) in [7, 11) is 3.81. The Bertz CT molecular complexity index is 994. The van der Waals surface area contributed by atoms with Crippen LogP contribution in [0, 0.1) is 0 Å². The molecule has 6 nitrogen and oxygen atoms in total. The maximum absolute atomic E-state index is 12.7. The van der Waals surface area contributed by atoms with Crippen LogP contribution in [0.1, 0.15) is 31.2 Å². The molecular weight excluding hydrogens is 395 g/mol. The quantitative estimate of drug-likeness (QED) is 0.639. The Hall–Kier alpha value is -2.81. The normalized spacial score (nSPS) is 19.8. The third-order valence-electron chi connectivity index (χ3n) is 5.69. The molecule has 4 rings (SSSR count). The molecule has 0 bridgehead atoms. The molecule has 1 saturated carbocycles. The van der Waals surface area contributed by atoms with Crippen LogP contribution in [-0.2, 0) is 10.9 Å². The molecule has 2 heterocycles. The number of halogens is 3. The van der Waals surface area contributed by atoms with Gasteiger partial charge in [0.05, 0.1) is 11.7 Å². The van der Waals surface area contributed by atoms with E-state index in [0.717, 1.165) is 43.6 Å². The predicted octanol–water partition coefficient (Wildman–Crippen LogP) is 4.89. The molecule has 9 heteroatoms. The number of anilines is 3. The molecule has 1 aliphatic rings. The van der Waals surface area contributed by atoms with Gasteiger partial charge in [0.25, 0.3) is 0 Å². The van der Waals surface area contributed by atoms with E-state index in [9.17, 15) is 13.2 Å². The lowest BCUT2D eigenvalue weighted by atomic mass is 9.92. The molecule has 1 N–H and O–H groups in total. The second kappa shape index (κ2) is 8.14. The summed E-state index contributed by atoms with van der Waals surface area (Å²) in [6.07, 6.45) is 0.102. The van der Waals surface area contributed by atoms with Crippen molar-refractivity contribution in [3.8, 4) is 0 Å². The van der Waals surface area contributed by atoms with Crippen molar-refractivity contribution >= 4 is 23.1 Å². The van der Waals surface area contributed by atoms with Crippen molar-refractivity contribution in [3.63, 3.8) is 0 Å². The smallest absolute Gasteiger partial charge is 0.381 e. The van der Waals surface area contributed by atoms with E-state index < -0.39 is 11.7 Å². The van der Waals surface area contributed by atoms with Gasteiger partial charge in [-0.05, 0) is 62.1 Å².